The Morgan fingerprint density at radius 3 is 2.40 bits per heavy atom. The normalized spacial score (nSPS) is 9.80. The lowest BCUT2D eigenvalue weighted by molar-refractivity contribution is -0.141. The second-order valence-electron chi connectivity index (χ2n) is 2.83. The van der Waals surface area contributed by atoms with Crippen LogP contribution >= 0.6 is 15.9 Å². The molecule has 1 amide bonds. The summed E-state index contributed by atoms with van der Waals surface area (Å²) in [4.78, 5) is 23.9. The van der Waals surface area contributed by atoms with Crippen LogP contribution in [-0.2, 0) is 19.1 Å². The number of ether oxygens (including phenoxy) is 2. The lowest BCUT2D eigenvalue weighted by Gasteiger charge is -2.20. The Bertz CT molecular complexity index is 210. The summed E-state index contributed by atoms with van der Waals surface area (Å²) in [6.07, 6.45) is 0.207. The number of hydrogen-bond acceptors (Lipinski definition) is 4. The molecular weight excluding hydrogens is 266 g/mol. The van der Waals surface area contributed by atoms with Gasteiger partial charge in [0.15, 0.2) is 0 Å². The van der Waals surface area contributed by atoms with E-state index in [9.17, 15) is 9.59 Å². The Morgan fingerprint density at radius 2 is 1.93 bits per heavy atom. The van der Waals surface area contributed by atoms with Crippen LogP contribution in [0.5, 0.6) is 0 Å². The molecule has 0 saturated carbocycles. The molecule has 0 atom stereocenters. The highest BCUT2D eigenvalue weighted by Gasteiger charge is 2.13. The first kappa shape index (κ1) is 14.4. The van der Waals surface area contributed by atoms with Crippen LogP contribution in [0.4, 0.5) is 0 Å². The number of amides is 1. The smallest absolute Gasteiger partial charge is 0.307 e. The van der Waals surface area contributed by atoms with Crippen molar-refractivity contribution in [3.8, 4) is 0 Å². The van der Waals surface area contributed by atoms with E-state index in [1.807, 2.05) is 0 Å². The molecule has 0 aromatic heterocycles. The fourth-order valence-corrected chi connectivity index (χ4v) is 1.33. The number of hydrogen-bond donors (Lipinski definition) is 0. The van der Waals surface area contributed by atoms with Gasteiger partial charge in [0.05, 0.1) is 25.5 Å². The monoisotopic (exact) mass is 281 g/mol. The molecule has 5 nitrogen and oxygen atoms in total. The minimum absolute atomic E-state index is 0.0593. The SMILES string of the molecule is COCCN(CCC(=O)OC)C(=O)CBr. The molecule has 0 unspecified atom stereocenters. The number of nitrogens with zero attached hydrogens (tertiary/aromatic N) is 1. The second kappa shape index (κ2) is 8.67. The van der Waals surface area contributed by atoms with Crippen LogP contribution in [0.25, 0.3) is 0 Å². The first-order chi connectivity index (χ1) is 7.15. The molecule has 0 aliphatic carbocycles. The zero-order valence-electron chi connectivity index (χ0n) is 8.99. The Hall–Kier alpha value is -0.620. The third-order valence-corrected chi connectivity index (χ3v) is 2.33. The van der Waals surface area contributed by atoms with Crippen LogP contribution < -0.4 is 0 Å². The summed E-state index contributed by atoms with van der Waals surface area (Å²) >= 11 is 3.08. The van der Waals surface area contributed by atoms with E-state index >= 15 is 0 Å². The predicted molar refractivity (Wildman–Crippen MR) is 58.9 cm³/mol. The third kappa shape index (κ3) is 6.46. The van der Waals surface area contributed by atoms with E-state index in [4.69, 9.17) is 4.74 Å². The molecule has 0 aromatic carbocycles. The quantitative estimate of drug-likeness (QED) is 0.501. The lowest BCUT2D eigenvalue weighted by atomic mass is 10.3. The van der Waals surface area contributed by atoms with Crippen molar-refractivity contribution in [1.29, 1.82) is 0 Å². The number of carbonyl (C=O) groups is 2. The van der Waals surface area contributed by atoms with Crippen molar-refractivity contribution in [3.63, 3.8) is 0 Å². The highest BCUT2D eigenvalue weighted by molar-refractivity contribution is 9.09. The van der Waals surface area contributed by atoms with E-state index in [1.54, 1.807) is 12.0 Å². The molecule has 0 saturated heterocycles. The van der Waals surface area contributed by atoms with E-state index in [-0.39, 0.29) is 23.6 Å². The highest BCUT2D eigenvalue weighted by atomic mass is 79.9. The van der Waals surface area contributed by atoms with Crippen LogP contribution in [0, 0.1) is 0 Å². The number of methoxy groups -OCH3 is 2. The molecule has 0 N–H and O–H groups in total. The molecule has 0 aliphatic rings. The van der Waals surface area contributed by atoms with Crippen LogP contribution in [-0.4, -0.2) is 56.0 Å². The van der Waals surface area contributed by atoms with Crippen LogP contribution in [0.2, 0.25) is 0 Å². The number of halogens is 1. The van der Waals surface area contributed by atoms with E-state index in [0.29, 0.717) is 19.7 Å². The average molecular weight is 282 g/mol. The van der Waals surface area contributed by atoms with Crippen molar-refractivity contribution >= 4 is 27.8 Å². The lowest BCUT2D eigenvalue weighted by Crippen LogP contribution is -2.36. The predicted octanol–water partition coefficient (Wildman–Crippen LogP) is 0.419. The minimum Gasteiger partial charge on any atom is -0.469 e. The Kier molecular flexibility index (Phi) is 8.31. The highest BCUT2D eigenvalue weighted by Crippen LogP contribution is 1.97. The fourth-order valence-electron chi connectivity index (χ4n) is 0.976. The molecule has 88 valence electrons. The van der Waals surface area contributed by atoms with Crippen molar-refractivity contribution in [1.82, 2.24) is 4.90 Å². The Labute approximate surface area is 97.8 Å². The molecule has 0 bridgehead atoms. The third-order valence-electron chi connectivity index (χ3n) is 1.85. The molecule has 0 aliphatic heterocycles. The summed E-state index contributed by atoms with van der Waals surface area (Å²) in [7, 11) is 2.89. The summed E-state index contributed by atoms with van der Waals surface area (Å²) in [5.74, 6) is -0.379. The van der Waals surface area contributed by atoms with Gasteiger partial charge in [0.25, 0.3) is 0 Å². The van der Waals surface area contributed by atoms with Gasteiger partial charge in [-0.3, -0.25) is 9.59 Å². The van der Waals surface area contributed by atoms with Crippen LogP contribution in [0.1, 0.15) is 6.42 Å². The average Bonchev–Trinajstić information content (AvgIpc) is 2.27. The van der Waals surface area contributed by atoms with Crippen molar-refractivity contribution in [2.45, 2.75) is 6.42 Å². The zero-order chi connectivity index (χ0) is 11.7. The summed E-state index contributed by atoms with van der Waals surface area (Å²) in [5, 5.41) is 0.248. The van der Waals surface area contributed by atoms with Crippen molar-refractivity contribution in [3.05, 3.63) is 0 Å². The van der Waals surface area contributed by atoms with Crippen LogP contribution in [0.3, 0.4) is 0 Å². The van der Waals surface area contributed by atoms with Gasteiger partial charge in [-0.15, -0.1) is 0 Å². The van der Waals surface area contributed by atoms with Crippen molar-refractivity contribution < 1.29 is 19.1 Å². The Morgan fingerprint density at radius 1 is 1.27 bits per heavy atom. The second-order valence-corrected chi connectivity index (χ2v) is 3.39. The van der Waals surface area contributed by atoms with E-state index in [0.717, 1.165) is 0 Å². The van der Waals surface area contributed by atoms with Gasteiger partial charge >= 0.3 is 5.97 Å². The van der Waals surface area contributed by atoms with Crippen molar-refractivity contribution in [2.75, 3.05) is 39.2 Å². The number of rotatable bonds is 7. The van der Waals surface area contributed by atoms with Gasteiger partial charge in [-0.1, -0.05) is 15.9 Å². The summed E-state index contributed by atoms with van der Waals surface area (Å²) in [6.45, 7) is 1.30. The van der Waals surface area contributed by atoms with E-state index in [2.05, 4.69) is 20.7 Å². The summed E-state index contributed by atoms with van der Waals surface area (Å²) < 4.78 is 9.37. The first-order valence-electron chi connectivity index (χ1n) is 4.55. The van der Waals surface area contributed by atoms with Gasteiger partial charge < -0.3 is 14.4 Å². The number of carbonyl (C=O) groups excluding carboxylic acids is 2. The Balaban J connectivity index is 4.00. The van der Waals surface area contributed by atoms with Gasteiger partial charge in [-0.05, 0) is 0 Å². The number of alkyl halides is 1. The van der Waals surface area contributed by atoms with Gasteiger partial charge in [0.2, 0.25) is 5.91 Å². The molecule has 0 rings (SSSR count). The first-order valence-corrected chi connectivity index (χ1v) is 5.67. The molecule has 0 spiro atoms. The van der Waals surface area contributed by atoms with Crippen LogP contribution in [0.15, 0.2) is 0 Å². The maximum absolute atomic E-state index is 11.4. The number of esters is 1. The molecular formula is C9H16BrNO4. The molecule has 0 radical (unpaired) electrons. The maximum Gasteiger partial charge on any atom is 0.307 e. The van der Waals surface area contributed by atoms with E-state index < -0.39 is 0 Å². The largest absolute Gasteiger partial charge is 0.469 e. The van der Waals surface area contributed by atoms with Gasteiger partial charge in [-0.2, -0.15) is 0 Å². The molecule has 0 fully saturated rings. The van der Waals surface area contributed by atoms with Gasteiger partial charge in [0, 0.05) is 20.2 Å². The summed E-state index contributed by atoms with van der Waals surface area (Å²) in [6, 6.07) is 0. The summed E-state index contributed by atoms with van der Waals surface area (Å²) in [5.41, 5.74) is 0. The molecule has 6 heteroatoms. The zero-order valence-corrected chi connectivity index (χ0v) is 10.6. The topological polar surface area (TPSA) is 55.8 Å². The van der Waals surface area contributed by atoms with Gasteiger partial charge in [0.1, 0.15) is 0 Å². The van der Waals surface area contributed by atoms with Crippen molar-refractivity contribution in [2.24, 2.45) is 0 Å². The van der Waals surface area contributed by atoms with Gasteiger partial charge in [-0.25, -0.2) is 0 Å². The maximum atomic E-state index is 11.4. The molecule has 15 heavy (non-hydrogen) atoms. The standard InChI is InChI=1S/C9H16BrNO4/c1-14-6-5-11(8(12)7-10)4-3-9(13)15-2/h3-7H2,1-2H3. The molecule has 0 aromatic rings. The molecule has 0 heterocycles. The fraction of sp³-hybridized carbons (Fsp3) is 0.778. The van der Waals surface area contributed by atoms with E-state index in [1.165, 1.54) is 7.11 Å². The minimum atomic E-state index is -0.320.